The number of benzene rings is 2. The molecule has 0 unspecified atom stereocenters. The maximum atomic E-state index is 12.6. The Bertz CT molecular complexity index is 835. The molecule has 6 heteroatoms. The Morgan fingerprint density at radius 3 is 2.04 bits per heavy atom. The lowest BCUT2D eigenvalue weighted by atomic mass is 10.0. The summed E-state index contributed by atoms with van der Waals surface area (Å²) in [5.74, 6) is -1.61. The number of carboxylic acid groups (broad SMARTS) is 1. The molecule has 0 bridgehead atoms. The van der Waals surface area contributed by atoms with Gasteiger partial charge in [0.2, 0.25) is 0 Å². The number of carbonyl (C=O) groups excluding carboxylic acids is 2. The number of rotatable bonds is 6. The summed E-state index contributed by atoms with van der Waals surface area (Å²) in [6.45, 7) is 3.98. The summed E-state index contributed by atoms with van der Waals surface area (Å²) in [5.41, 5.74) is 1.03. The van der Waals surface area contributed by atoms with Gasteiger partial charge in [-0.1, -0.05) is 24.3 Å². The molecule has 0 radical (unpaired) electrons. The molecule has 0 aromatic heterocycles. The highest BCUT2D eigenvalue weighted by Crippen LogP contribution is 2.29. The van der Waals surface area contributed by atoms with Crippen molar-refractivity contribution in [3.63, 3.8) is 0 Å². The Morgan fingerprint density at radius 1 is 1.00 bits per heavy atom. The van der Waals surface area contributed by atoms with Crippen LogP contribution < -0.4 is 0 Å². The minimum atomic E-state index is -0.982. The first-order chi connectivity index (χ1) is 12.3. The summed E-state index contributed by atoms with van der Waals surface area (Å²) in [7, 11) is 0. The highest BCUT2D eigenvalue weighted by atomic mass is 16.5. The Labute approximate surface area is 151 Å². The van der Waals surface area contributed by atoms with Crippen LogP contribution in [0.2, 0.25) is 0 Å². The van der Waals surface area contributed by atoms with Crippen LogP contribution >= 0.6 is 0 Å². The summed E-state index contributed by atoms with van der Waals surface area (Å²) in [6, 6.07) is 13.1. The fraction of sp³-hybridized carbons (Fsp3) is 0.250. The van der Waals surface area contributed by atoms with Crippen LogP contribution in [0, 0.1) is 0 Å². The number of fused-ring (bicyclic) bond motifs is 1. The van der Waals surface area contributed by atoms with Crippen molar-refractivity contribution in [2.24, 2.45) is 0 Å². The summed E-state index contributed by atoms with van der Waals surface area (Å²) in [6.07, 6.45) is 0. The van der Waals surface area contributed by atoms with Crippen molar-refractivity contribution >= 4 is 17.8 Å². The molecule has 1 N–H and O–H groups in total. The summed E-state index contributed by atoms with van der Waals surface area (Å²) < 4.78 is 5.70. The lowest BCUT2D eigenvalue weighted by Gasteiger charge is -2.33. The molecule has 2 aromatic carbocycles. The van der Waals surface area contributed by atoms with Gasteiger partial charge in [-0.05, 0) is 43.7 Å². The molecule has 134 valence electrons. The van der Waals surface area contributed by atoms with E-state index in [1.54, 1.807) is 50.2 Å². The number of hydrogen-bond acceptors (Lipinski definition) is 4. The number of hydrogen-bond donors (Lipinski definition) is 1. The quantitative estimate of drug-likeness (QED) is 0.807. The Morgan fingerprint density at radius 2 is 1.54 bits per heavy atom. The van der Waals surface area contributed by atoms with Crippen molar-refractivity contribution in [1.82, 2.24) is 4.90 Å². The summed E-state index contributed by atoms with van der Waals surface area (Å²) >= 11 is 0. The molecule has 0 atom stereocenters. The molecule has 1 aliphatic heterocycles. The third kappa shape index (κ3) is 3.23. The molecule has 1 aliphatic rings. The minimum absolute atomic E-state index is 0.166. The zero-order chi connectivity index (χ0) is 18.9. The van der Waals surface area contributed by atoms with E-state index < -0.39 is 11.5 Å². The molecular formula is C20H19NO5. The third-order valence-electron chi connectivity index (χ3n) is 4.32. The van der Waals surface area contributed by atoms with Crippen LogP contribution in [0.3, 0.4) is 0 Å². The summed E-state index contributed by atoms with van der Waals surface area (Å²) in [4.78, 5) is 37.3. The van der Waals surface area contributed by atoms with Gasteiger partial charge < -0.3 is 9.84 Å². The number of imide groups is 1. The van der Waals surface area contributed by atoms with Gasteiger partial charge in [-0.3, -0.25) is 14.5 Å². The normalized spacial score (nSPS) is 13.8. The molecule has 0 saturated carbocycles. The first-order valence-corrected chi connectivity index (χ1v) is 8.19. The van der Waals surface area contributed by atoms with E-state index in [1.807, 2.05) is 0 Å². The molecule has 6 nitrogen and oxygen atoms in total. The van der Waals surface area contributed by atoms with Crippen LogP contribution in [-0.2, 0) is 11.3 Å². The number of nitrogens with zero attached hydrogens (tertiary/aromatic N) is 1. The van der Waals surface area contributed by atoms with E-state index in [9.17, 15) is 14.4 Å². The standard InChI is InChI=1S/C20H19NO5/c1-20(2,12-26-11-13-7-9-14(10-8-13)19(24)25)21-17(22)15-5-3-4-6-16(15)18(21)23/h3-10H,11-12H2,1-2H3,(H,24,25). The van der Waals surface area contributed by atoms with Gasteiger partial charge in [0.05, 0.1) is 35.4 Å². The minimum Gasteiger partial charge on any atom is -0.478 e. The van der Waals surface area contributed by atoms with Gasteiger partial charge in [0.15, 0.2) is 0 Å². The zero-order valence-corrected chi connectivity index (χ0v) is 14.6. The molecule has 1 heterocycles. The van der Waals surface area contributed by atoms with Crippen LogP contribution in [0.15, 0.2) is 48.5 Å². The molecule has 0 spiro atoms. The maximum absolute atomic E-state index is 12.6. The van der Waals surface area contributed by atoms with Crippen molar-refractivity contribution < 1.29 is 24.2 Å². The highest BCUT2D eigenvalue weighted by molar-refractivity contribution is 6.21. The van der Waals surface area contributed by atoms with Crippen LogP contribution in [-0.4, -0.2) is 39.9 Å². The Hall–Kier alpha value is -2.99. The van der Waals surface area contributed by atoms with Crippen molar-refractivity contribution in [3.8, 4) is 0 Å². The molecule has 0 aliphatic carbocycles. The molecular weight excluding hydrogens is 334 g/mol. The van der Waals surface area contributed by atoms with Gasteiger partial charge in [-0.25, -0.2) is 4.79 Å². The first kappa shape index (κ1) is 17.8. The predicted octanol–water partition coefficient (Wildman–Crippen LogP) is 2.98. The van der Waals surface area contributed by atoms with Gasteiger partial charge in [0.25, 0.3) is 11.8 Å². The van der Waals surface area contributed by atoms with E-state index in [2.05, 4.69) is 0 Å². The van der Waals surface area contributed by atoms with Gasteiger partial charge >= 0.3 is 5.97 Å². The van der Waals surface area contributed by atoms with Crippen molar-refractivity contribution in [2.45, 2.75) is 26.0 Å². The smallest absolute Gasteiger partial charge is 0.335 e. The van der Waals surface area contributed by atoms with Gasteiger partial charge in [0.1, 0.15) is 0 Å². The number of aromatic carboxylic acids is 1. The molecule has 0 saturated heterocycles. The zero-order valence-electron chi connectivity index (χ0n) is 14.6. The average Bonchev–Trinajstić information content (AvgIpc) is 2.87. The van der Waals surface area contributed by atoms with Crippen molar-refractivity contribution in [1.29, 1.82) is 0 Å². The number of carboxylic acids is 1. The second-order valence-corrected chi connectivity index (χ2v) is 6.80. The van der Waals surface area contributed by atoms with Crippen LogP contribution in [0.1, 0.15) is 50.5 Å². The molecule has 2 aromatic rings. The van der Waals surface area contributed by atoms with E-state index in [1.165, 1.54) is 17.0 Å². The monoisotopic (exact) mass is 353 g/mol. The molecule has 2 amide bonds. The molecule has 26 heavy (non-hydrogen) atoms. The highest BCUT2D eigenvalue weighted by Gasteiger charge is 2.43. The lowest BCUT2D eigenvalue weighted by molar-refractivity contribution is 0.0118. The fourth-order valence-electron chi connectivity index (χ4n) is 2.97. The van der Waals surface area contributed by atoms with E-state index >= 15 is 0 Å². The van der Waals surface area contributed by atoms with Crippen LogP contribution in [0.25, 0.3) is 0 Å². The molecule has 0 fully saturated rings. The van der Waals surface area contributed by atoms with E-state index in [0.717, 1.165) is 5.56 Å². The predicted molar refractivity (Wildman–Crippen MR) is 94.1 cm³/mol. The number of ether oxygens (including phenoxy) is 1. The summed E-state index contributed by atoms with van der Waals surface area (Å²) in [5, 5.41) is 8.90. The second kappa shape index (κ2) is 6.72. The van der Waals surface area contributed by atoms with Crippen LogP contribution in [0.4, 0.5) is 0 Å². The largest absolute Gasteiger partial charge is 0.478 e. The SMILES string of the molecule is CC(C)(COCc1ccc(C(=O)O)cc1)N1C(=O)c2ccccc2C1=O. The number of amides is 2. The topological polar surface area (TPSA) is 83.9 Å². The van der Waals surface area contributed by atoms with Gasteiger partial charge in [-0.15, -0.1) is 0 Å². The first-order valence-electron chi connectivity index (χ1n) is 8.19. The average molecular weight is 353 g/mol. The van der Waals surface area contributed by atoms with E-state index in [4.69, 9.17) is 9.84 Å². The van der Waals surface area contributed by atoms with E-state index in [-0.39, 0.29) is 30.6 Å². The van der Waals surface area contributed by atoms with E-state index in [0.29, 0.717) is 11.1 Å². The fourth-order valence-corrected chi connectivity index (χ4v) is 2.97. The van der Waals surface area contributed by atoms with Crippen molar-refractivity contribution in [3.05, 3.63) is 70.8 Å². The third-order valence-corrected chi connectivity index (χ3v) is 4.32. The lowest BCUT2D eigenvalue weighted by Crippen LogP contribution is -2.50. The Kier molecular flexibility index (Phi) is 4.61. The Balaban J connectivity index is 1.65. The number of carbonyl (C=O) groups is 3. The van der Waals surface area contributed by atoms with Gasteiger partial charge in [0, 0.05) is 0 Å². The van der Waals surface area contributed by atoms with Crippen LogP contribution in [0.5, 0.6) is 0 Å². The maximum Gasteiger partial charge on any atom is 0.335 e. The van der Waals surface area contributed by atoms with Crippen molar-refractivity contribution in [2.75, 3.05) is 6.61 Å². The van der Waals surface area contributed by atoms with Gasteiger partial charge in [-0.2, -0.15) is 0 Å². The second-order valence-electron chi connectivity index (χ2n) is 6.80. The molecule has 3 rings (SSSR count).